The first-order valence-electron chi connectivity index (χ1n) is 12.1. The maximum absolute atomic E-state index is 12.3. The van der Waals surface area contributed by atoms with Crippen LogP contribution in [0.4, 0.5) is 13.2 Å². The molecule has 3 rings (SSSR count). The van der Waals surface area contributed by atoms with Crippen LogP contribution in [0.2, 0.25) is 0 Å². The van der Waals surface area contributed by atoms with Gasteiger partial charge in [-0.1, -0.05) is 31.2 Å². The van der Waals surface area contributed by atoms with Crippen LogP contribution in [0.25, 0.3) is 0 Å². The second-order valence-electron chi connectivity index (χ2n) is 10.3. The number of esters is 1. The zero-order valence-electron chi connectivity index (χ0n) is 19.7. The van der Waals surface area contributed by atoms with Crippen LogP contribution in [0, 0.1) is 17.3 Å². The molecule has 0 heterocycles. The summed E-state index contributed by atoms with van der Waals surface area (Å²) < 4.78 is 42.6. The molecule has 0 aromatic heterocycles. The Kier molecular flexibility index (Phi) is 8.15. The Morgan fingerprint density at radius 1 is 1.30 bits per heavy atom. The van der Waals surface area contributed by atoms with Crippen LogP contribution in [0.15, 0.2) is 35.5 Å². The van der Waals surface area contributed by atoms with Gasteiger partial charge in [0.05, 0.1) is 12.2 Å². The average Bonchev–Trinajstić information content (AvgIpc) is 3.06. The van der Waals surface area contributed by atoms with Crippen molar-refractivity contribution in [2.45, 2.75) is 103 Å². The third-order valence-electron chi connectivity index (χ3n) is 8.03. The lowest BCUT2D eigenvalue weighted by molar-refractivity contribution is -0.155. The van der Waals surface area contributed by atoms with Gasteiger partial charge in [-0.2, -0.15) is 13.2 Å². The zero-order chi connectivity index (χ0) is 24.4. The largest absolute Gasteiger partial charge is 0.462 e. The van der Waals surface area contributed by atoms with E-state index in [4.69, 9.17) is 4.74 Å². The summed E-state index contributed by atoms with van der Waals surface area (Å²) in [6.07, 6.45) is 2.59. The van der Waals surface area contributed by atoms with E-state index in [1.54, 1.807) is 0 Å². The number of alkyl halides is 3. The van der Waals surface area contributed by atoms with Gasteiger partial charge in [-0.05, 0) is 74.3 Å². The third kappa shape index (κ3) is 6.30. The van der Waals surface area contributed by atoms with Crippen molar-refractivity contribution in [2.24, 2.45) is 17.3 Å². The lowest BCUT2D eigenvalue weighted by Gasteiger charge is -2.44. The number of halogens is 3. The standard InChI is InChI=1S/C26H37F3O4/c1-16-19(14-20(30)15-23(16)31)9-8-18-6-4-12-25(3)21(10-11-22(18)25)17(2)33-24(32)7-5-13-26(27,28)29/h8-9,17,20-23,30-31H,1,4-7,10-15H2,2-3H3/b18-8+,19-9-/t17-,20+,21+,22-,23-,25+/m0/s1. The van der Waals surface area contributed by atoms with E-state index >= 15 is 0 Å². The van der Waals surface area contributed by atoms with Gasteiger partial charge in [-0.15, -0.1) is 0 Å². The number of hydrogen-bond donors (Lipinski definition) is 2. The van der Waals surface area contributed by atoms with Crippen molar-refractivity contribution in [3.8, 4) is 0 Å². The van der Waals surface area contributed by atoms with E-state index in [-0.39, 0.29) is 30.3 Å². The van der Waals surface area contributed by atoms with Crippen molar-refractivity contribution in [1.82, 2.24) is 0 Å². The molecule has 0 spiro atoms. The van der Waals surface area contributed by atoms with E-state index in [9.17, 15) is 28.2 Å². The van der Waals surface area contributed by atoms with Crippen molar-refractivity contribution in [1.29, 1.82) is 0 Å². The van der Waals surface area contributed by atoms with Gasteiger partial charge in [-0.25, -0.2) is 0 Å². The highest BCUT2D eigenvalue weighted by Crippen LogP contribution is 2.58. The second-order valence-corrected chi connectivity index (χ2v) is 10.3. The number of rotatable bonds is 6. The number of carbonyl (C=O) groups excluding carboxylic acids is 1. The normalized spacial score (nSPS) is 36.2. The first kappa shape index (κ1) is 26.0. The number of aliphatic hydroxyl groups excluding tert-OH is 2. The quantitative estimate of drug-likeness (QED) is 0.482. The minimum Gasteiger partial charge on any atom is -0.462 e. The van der Waals surface area contributed by atoms with Crippen LogP contribution >= 0.6 is 0 Å². The lowest BCUT2D eigenvalue weighted by Crippen LogP contribution is -2.39. The molecule has 4 nitrogen and oxygen atoms in total. The molecule has 0 bridgehead atoms. The third-order valence-corrected chi connectivity index (χ3v) is 8.03. The summed E-state index contributed by atoms with van der Waals surface area (Å²) >= 11 is 0. The molecule has 33 heavy (non-hydrogen) atoms. The maximum atomic E-state index is 12.3. The highest BCUT2D eigenvalue weighted by Gasteiger charge is 2.51. The smallest absolute Gasteiger partial charge is 0.389 e. The van der Waals surface area contributed by atoms with Crippen LogP contribution in [-0.2, 0) is 9.53 Å². The molecule has 0 aliphatic heterocycles. The molecule has 0 amide bonds. The molecule has 3 fully saturated rings. The van der Waals surface area contributed by atoms with Gasteiger partial charge >= 0.3 is 12.1 Å². The van der Waals surface area contributed by atoms with E-state index in [1.807, 2.05) is 13.0 Å². The molecular weight excluding hydrogens is 433 g/mol. The fraction of sp³-hybridized carbons (Fsp3) is 0.731. The van der Waals surface area contributed by atoms with Gasteiger partial charge in [0.25, 0.3) is 0 Å². The molecule has 6 atom stereocenters. The summed E-state index contributed by atoms with van der Waals surface area (Å²) in [4.78, 5) is 12.1. The molecule has 3 saturated carbocycles. The van der Waals surface area contributed by atoms with Gasteiger partial charge in [0.15, 0.2) is 0 Å². The van der Waals surface area contributed by atoms with Crippen LogP contribution in [0.3, 0.4) is 0 Å². The molecule has 0 aromatic rings. The summed E-state index contributed by atoms with van der Waals surface area (Å²) in [5, 5.41) is 20.1. The minimum atomic E-state index is -4.25. The number of fused-ring (bicyclic) bond motifs is 1. The SMILES string of the molecule is C=C1/C(=C\C=C2/CCC[C@]3(C)[C@@H]([C@H](C)OC(=O)CCCC(F)(F)F)CC[C@@H]23)C[C@@H](O)C[C@@H]1O. The maximum Gasteiger partial charge on any atom is 0.389 e. The van der Waals surface area contributed by atoms with E-state index in [1.165, 1.54) is 5.57 Å². The van der Waals surface area contributed by atoms with Gasteiger partial charge in [0.2, 0.25) is 0 Å². The van der Waals surface area contributed by atoms with Crippen LogP contribution < -0.4 is 0 Å². The van der Waals surface area contributed by atoms with Crippen molar-refractivity contribution >= 4 is 5.97 Å². The minimum absolute atomic E-state index is 0.0309. The Hall–Kier alpha value is -1.60. The van der Waals surface area contributed by atoms with E-state index < -0.39 is 30.8 Å². The van der Waals surface area contributed by atoms with Crippen molar-refractivity contribution < 1.29 is 32.9 Å². The summed E-state index contributed by atoms with van der Waals surface area (Å²) in [6.45, 7) is 8.10. The van der Waals surface area contributed by atoms with E-state index in [0.29, 0.717) is 24.3 Å². The van der Waals surface area contributed by atoms with Crippen molar-refractivity contribution in [3.63, 3.8) is 0 Å². The number of ether oxygens (including phenoxy) is 1. The zero-order valence-corrected chi connectivity index (χ0v) is 19.7. The first-order valence-corrected chi connectivity index (χ1v) is 12.1. The number of hydrogen-bond acceptors (Lipinski definition) is 4. The highest BCUT2D eigenvalue weighted by molar-refractivity contribution is 5.69. The molecule has 7 heteroatoms. The Morgan fingerprint density at radius 3 is 2.73 bits per heavy atom. The van der Waals surface area contributed by atoms with Gasteiger partial charge in [0.1, 0.15) is 6.10 Å². The van der Waals surface area contributed by atoms with Crippen molar-refractivity contribution in [3.05, 3.63) is 35.5 Å². The number of aliphatic hydroxyl groups is 2. The molecule has 0 aromatic carbocycles. The molecule has 3 aliphatic rings. The van der Waals surface area contributed by atoms with Crippen LogP contribution in [0.5, 0.6) is 0 Å². The summed E-state index contributed by atoms with van der Waals surface area (Å²) in [5.41, 5.74) is 2.87. The summed E-state index contributed by atoms with van der Waals surface area (Å²) in [7, 11) is 0. The first-order chi connectivity index (χ1) is 15.4. The predicted molar refractivity (Wildman–Crippen MR) is 120 cm³/mol. The van der Waals surface area contributed by atoms with E-state index in [0.717, 1.165) is 37.7 Å². The molecule has 186 valence electrons. The predicted octanol–water partition coefficient (Wildman–Crippen LogP) is 5.79. The second kappa shape index (κ2) is 10.3. The topological polar surface area (TPSA) is 66.8 Å². The molecule has 2 N–H and O–H groups in total. The molecule has 0 unspecified atom stereocenters. The summed E-state index contributed by atoms with van der Waals surface area (Å²) in [6, 6.07) is 0. The lowest BCUT2D eigenvalue weighted by atomic mass is 9.62. The Bertz CT molecular complexity index is 800. The number of carbonyl (C=O) groups is 1. The monoisotopic (exact) mass is 470 g/mol. The Labute approximate surface area is 194 Å². The van der Waals surface area contributed by atoms with Gasteiger partial charge in [0, 0.05) is 25.2 Å². The van der Waals surface area contributed by atoms with Crippen molar-refractivity contribution in [2.75, 3.05) is 0 Å². The molecular formula is C26H37F3O4. The van der Waals surface area contributed by atoms with Crippen LogP contribution in [0.1, 0.15) is 78.1 Å². The fourth-order valence-electron chi connectivity index (χ4n) is 6.30. The fourth-order valence-corrected chi connectivity index (χ4v) is 6.30. The molecule has 0 radical (unpaired) electrons. The molecule has 3 aliphatic carbocycles. The Balaban J connectivity index is 1.65. The Morgan fingerprint density at radius 2 is 2.03 bits per heavy atom. The highest BCUT2D eigenvalue weighted by atomic mass is 19.4. The van der Waals surface area contributed by atoms with Gasteiger partial charge in [-0.3, -0.25) is 4.79 Å². The molecule has 0 saturated heterocycles. The average molecular weight is 471 g/mol. The van der Waals surface area contributed by atoms with E-state index in [2.05, 4.69) is 19.6 Å². The van der Waals surface area contributed by atoms with Gasteiger partial charge < -0.3 is 14.9 Å². The number of allylic oxidation sites excluding steroid dienone is 3. The van der Waals surface area contributed by atoms with Crippen LogP contribution in [-0.4, -0.2) is 40.7 Å². The summed E-state index contributed by atoms with van der Waals surface area (Å²) in [5.74, 6) is -0.0343.